The number of hydrogen-bond acceptors (Lipinski definition) is 3. The molecule has 2 nitrogen and oxygen atoms in total. The molecule has 0 aliphatic heterocycles. The highest BCUT2D eigenvalue weighted by Gasteiger charge is 2.17. The van der Waals surface area contributed by atoms with E-state index >= 15 is 0 Å². The first-order valence-corrected chi connectivity index (χ1v) is 3.60. The maximum Gasteiger partial charge on any atom is 0.0226 e. The highest BCUT2D eigenvalue weighted by Crippen LogP contribution is 2.17. The first kappa shape index (κ1) is 6.96. The monoisotopic (exact) mass is 144 g/mol. The minimum atomic E-state index is 0.195. The van der Waals surface area contributed by atoms with Crippen molar-refractivity contribution in [2.24, 2.45) is 11.5 Å². The molecule has 1 rings (SSSR count). The van der Waals surface area contributed by atoms with Crippen molar-refractivity contribution in [3.63, 3.8) is 0 Å². The Morgan fingerprint density at radius 2 is 2.33 bits per heavy atom. The summed E-state index contributed by atoms with van der Waals surface area (Å²) < 4.78 is 0. The third-order valence-electron chi connectivity index (χ3n) is 1.59. The van der Waals surface area contributed by atoms with Gasteiger partial charge in [-0.05, 0) is 12.8 Å². The van der Waals surface area contributed by atoms with E-state index in [1.807, 2.05) is 6.08 Å². The predicted octanol–water partition coefficient (Wildman–Crippen LogP) is 0.248. The Bertz CT molecular complexity index is 133. The van der Waals surface area contributed by atoms with E-state index in [9.17, 15) is 0 Å². The molecule has 0 heterocycles. The molecule has 0 aromatic heterocycles. The number of hydrogen-bond donors (Lipinski definition) is 3. The van der Waals surface area contributed by atoms with Gasteiger partial charge in [0.25, 0.3) is 0 Å². The third kappa shape index (κ3) is 1.63. The fourth-order valence-corrected chi connectivity index (χ4v) is 1.25. The summed E-state index contributed by atoms with van der Waals surface area (Å²) in [5.74, 6) is 0. The van der Waals surface area contributed by atoms with E-state index in [0.717, 1.165) is 18.5 Å². The van der Waals surface area contributed by atoms with Crippen molar-refractivity contribution in [3.8, 4) is 0 Å². The van der Waals surface area contributed by atoms with Crippen LogP contribution in [0.4, 0.5) is 0 Å². The third-order valence-corrected chi connectivity index (χ3v) is 2.16. The zero-order valence-corrected chi connectivity index (χ0v) is 6.14. The molecule has 2 unspecified atom stereocenters. The molecule has 52 valence electrons. The van der Waals surface area contributed by atoms with Crippen LogP contribution in [0.25, 0.3) is 0 Å². The number of thiol groups is 1. The van der Waals surface area contributed by atoms with Crippen LogP contribution in [0.3, 0.4) is 0 Å². The standard InChI is InChI=1S/C6H12N2S/c7-4-1-2-5(8)6(9)3-4/h1,5-6,9H,2-3,7-8H2. The maximum absolute atomic E-state index is 5.66. The Kier molecular flexibility index (Phi) is 2.03. The van der Waals surface area contributed by atoms with Gasteiger partial charge in [-0.3, -0.25) is 0 Å². The fraction of sp³-hybridized carbons (Fsp3) is 0.667. The molecule has 0 bridgehead atoms. The van der Waals surface area contributed by atoms with E-state index in [4.69, 9.17) is 11.5 Å². The lowest BCUT2D eigenvalue weighted by molar-refractivity contribution is 0.605. The van der Waals surface area contributed by atoms with Crippen molar-refractivity contribution in [3.05, 3.63) is 11.8 Å². The largest absolute Gasteiger partial charge is 0.402 e. The van der Waals surface area contributed by atoms with Gasteiger partial charge in [0.1, 0.15) is 0 Å². The van der Waals surface area contributed by atoms with E-state index in [0.29, 0.717) is 0 Å². The summed E-state index contributed by atoms with van der Waals surface area (Å²) in [6.45, 7) is 0. The summed E-state index contributed by atoms with van der Waals surface area (Å²) in [6, 6.07) is 0.195. The van der Waals surface area contributed by atoms with Gasteiger partial charge in [0.15, 0.2) is 0 Å². The summed E-state index contributed by atoms with van der Waals surface area (Å²) >= 11 is 4.27. The van der Waals surface area contributed by atoms with Crippen molar-refractivity contribution in [2.45, 2.75) is 24.1 Å². The molecule has 3 heteroatoms. The van der Waals surface area contributed by atoms with Crippen molar-refractivity contribution in [2.75, 3.05) is 0 Å². The number of allylic oxidation sites excluding steroid dienone is 1. The minimum Gasteiger partial charge on any atom is -0.402 e. The normalized spacial score (nSPS) is 36.0. The van der Waals surface area contributed by atoms with Gasteiger partial charge in [0, 0.05) is 17.0 Å². The lowest BCUT2D eigenvalue weighted by Gasteiger charge is -2.22. The summed E-state index contributed by atoms with van der Waals surface area (Å²) in [5.41, 5.74) is 12.1. The summed E-state index contributed by atoms with van der Waals surface area (Å²) in [4.78, 5) is 0. The Balaban J connectivity index is 2.54. The molecule has 0 spiro atoms. The van der Waals surface area contributed by atoms with Gasteiger partial charge in [-0.25, -0.2) is 0 Å². The lowest BCUT2D eigenvalue weighted by atomic mass is 10.00. The Morgan fingerprint density at radius 1 is 1.67 bits per heavy atom. The van der Waals surface area contributed by atoms with Gasteiger partial charge in [0.05, 0.1) is 0 Å². The molecule has 0 saturated heterocycles. The van der Waals surface area contributed by atoms with E-state index in [1.54, 1.807) is 0 Å². The molecule has 1 aliphatic carbocycles. The summed E-state index contributed by atoms with van der Waals surface area (Å²) in [7, 11) is 0. The predicted molar refractivity (Wildman–Crippen MR) is 42.3 cm³/mol. The molecule has 0 aromatic rings. The first-order chi connectivity index (χ1) is 4.20. The molecule has 9 heavy (non-hydrogen) atoms. The molecule has 0 saturated carbocycles. The van der Waals surface area contributed by atoms with Crippen molar-refractivity contribution in [1.29, 1.82) is 0 Å². The van der Waals surface area contributed by atoms with E-state index in [2.05, 4.69) is 12.6 Å². The summed E-state index contributed by atoms with van der Waals surface area (Å²) in [5, 5.41) is 0.259. The summed E-state index contributed by atoms with van der Waals surface area (Å²) in [6.07, 6.45) is 3.70. The quantitative estimate of drug-likeness (QED) is 0.427. The second-order valence-corrected chi connectivity index (χ2v) is 3.11. The van der Waals surface area contributed by atoms with Gasteiger partial charge in [0.2, 0.25) is 0 Å². The minimum absolute atomic E-state index is 0.195. The van der Waals surface area contributed by atoms with E-state index in [1.165, 1.54) is 0 Å². The van der Waals surface area contributed by atoms with Crippen LogP contribution in [0.15, 0.2) is 11.8 Å². The molecular formula is C6H12N2S. The number of nitrogens with two attached hydrogens (primary N) is 2. The van der Waals surface area contributed by atoms with Crippen molar-refractivity contribution < 1.29 is 0 Å². The van der Waals surface area contributed by atoms with E-state index < -0.39 is 0 Å². The fourth-order valence-electron chi connectivity index (χ4n) is 0.921. The van der Waals surface area contributed by atoms with Gasteiger partial charge < -0.3 is 11.5 Å². The smallest absolute Gasteiger partial charge is 0.0226 e. The molecule has 2 atom stereocenters. The highest BCUT2D eigenvalue weighted by molar-refractivity contribution is 7.81. The van der Waals surface area contributed by atoms with Crippen LogP contribution in [0, 0.1) is 0 Å². The van der Waals surface area contributed by atoms with Crippen LogP contribution in [-0.4, -0.2) is 11.3 Å². The van der Waals surface area contributed by atoms with Crippen LogP contribution in [0.1, 0.15) is 12.8 Å². The Hall–Kier alpha value is -0.150. The van der Waals surface area contributed by atoms with Gasteiger partial charge in [-0.2, -0.15) is 12.6 Å². The lowest BCUT2D eigenvalue weighted by Crippen LogP contribution is -2.34. The maximum atomic E-state index is 5.66. The Morgan fingerprint density at radius 3 is 2.78 bits per heavy atom. The van der Waals surface area contributed by atoms with E-state index in [-0.39, 0.29) is 11.3 Å². The van der Waals surface area contributed by atoms with Gasteiger partial charge in [-0.1, -0.05) is 6.08 Å². The van der Waals surface area contributed by atoms with Gasteiger partial charge >= 0.3 is 0 Å². The van der Waals surface area contributed by atoms with Crippen LogP contribution >= 0.6 is 12.6 Å². The topological polar surface area (TPSA) is 52.0 Å². The zero-order chi connectivity index (χ0) is 6.85. The van der Waals surface area contributed by atoms with Crippen LogP contribution in [0.5, 0.6) is 0 Å². The second kappa shape index (κ2) is 2.62. The first-order valence-electron chi connectivity index (χ1n) is 3.08. The molecule has 0 radical (unpaired) electrons. The van der Waals surface area contributed by atoms with Crippen LogP contribution in [0.2, 0.25) is 0 Å². The molecule has 0 aromatic carbocycles. The molecule has 0 amide bonds. The van der Waals surface area contributed by atoms with Crippen LogP contribution < -0.4 is 11.5 Å². The second-order valence-electron chi connectivity index (χ2n) is 2.45. The van der Waals surface area contributed by atoms with Crippen molar-refractivity contribution in [1.82, 2.24) is 0 Å². The highest BCUT2D eigenvalue weighted by atomic mass is 32.1. The average Bonchev–Trinajstić information content (AvgIpc) is 1.80. The van der Waals surface area contributed by atoms with Crippen molar-refractivity contribution >= 4 is 12.6 Å². The zero-order valence-electron chi connectivity index (χ0n) is 5.25. The molecule has 1 aliphatic rings. The SMILES string of the molecule is NC1=CCC(N)C(S)C1. The van der Waals surface area contributed by atoms with Crippen LogP contribution in [-0.2, 0) is 0 Å². The molecule has 0 fully saturated rings. The number of rotatable bonds is 0. The Labute approximate surface area is 60.7 Å². The molecule has 4 N–H and O–H groups in total. The average molecular weight is 144 g/mol. The molecular weight excluding hydrogens is 132 g/mol. The van der Waals surface area contributed by atoms with Gasteiger partial charge in [-0.15, -0.1) is 0 Å².